The van der Waals surface area contributed by atoms with Gasteiger partial charge in [-0.2, -0.15) is 30.7 Å². The first kappa shape index (κ1) is 15.2. The van der Waals surface area contributed by atoms with Crippen molar-refractivity contribution in [3.8, 4) is 0 Å². The van der Waals surface area contributed by atoms with E-state index in [-0.39, 0.29) is 0 Å². The van der Waals surface area contributed by atoms with Crippen LogP contribution in [0.3, 0.4) is 0 Å². The molecule has 10 heteroatoms. The van der Waals surface area contributed by atoms with E-state index in [4.69, 9.17) is 0 Å². The van der Waals surface area contributed by atoms with Crippen LogP contribution in [-0.2, 0) is 9.53 Å². The van der Waals surface area contributed by atoms with E-state index in [0.717, 1.165) is 0 Å². The number of hydrogen-bond acceptors (Lipinski definition) is 2. The van der Waals surface area contributed by atoms with Crippen LogP contribution in [0.4, 0.5) is 30.7 Å². The third-order valence-corrected chi connectivity index (χ3v) is 1.51. The molecule has 0 spiro atoms. The van der Waals surface area contributed by atoms with Gasteiger partial charge in [-0.1, -0.05) is 6.58 Å². The molecule has 0 aliphatic carbocycles. The highest BCUT2D eigenvalue weighted by molar-refractivity contribution is 9.12. The van der Waals surface area contributed by atoms with Gasteiger partial charge in [0.25, 0.3) is 0 Å². The van der Waals surface area contributed by atoms with Crippen molar-refractivity contribution in [1.82, 2.24) is 0 Å². The maximum absolute atomic E-state index is 12.7. The first-order valence-electron chi connectivity index (χ1n) is 3.23. The second kappa shape index (κ2) is 4.22. The van der Waals surface area contributed by atoms with Crippen LogP contribution >= 0.6 is 15.9 Å². The lowest BCUT2D eigenvalue weighted by atomic mass is 10.3. The molecule has 0 N–H and O–H groups in total. The second-order valence-electron chi connectivity index (χ2n) is 2.39. The topological polar surface area (TPSA) is 26.3 Å². The maximum Gasteiger partial charge on any atom is 0.470 e. The largest absolute Gasteiger partial charge is 0.470 e. The minimum Gasteiger partial charge on any atom is -0.408 e. The van der Waals surface area contributed by atoms with Crippen LogP contribution in [0.25, 0.3) is 0 Å². The van der Waals surface area contributed by atoms with Gasteiger partial charge in [-0.3, -0.25) is 0 Å². The fraction of sp³-hybridized carbons (Fsp3) is 0.500. The van der Waals surface area contributed by atoms with Gasteiger partial charge in [0.1, 0.15) is 0 Å². The van der Waals surface area contributed by atoms with Crippen molar-refractivity contribution in [3.63, 3.8) is 0 Å². The Morgan fingerprint density at radius 1 is 1.00 bits per heavy atom. The molecule has 0 aromatic heterocycles. The number of carbonyl (C=O) groups excluding carboxylic acids is 1. The number of hydrogen-bond donors (Lipinski definition) is 0. The summed E-state index contributed by atoms with van der Waals surface area (Å²) in [5, 5.41) is 0. The minimum absolute atomic E-state index is 0.983. The van der Waals surface area contributed by atoms with Gasteiger partial charge >= 0.3 is 24.2 Å². The standard InChI is InChI=1S/C6H2BrF7O2/c1-2(7)3(15)16-4(8,5(9,10)11)6(12,13)14/h1H2. The first-order valence-corrected chi connectivity index (χ1v) is 4.02. The Bertz CT molecular complexity index is 291. The molecule has 0 saturated heterocycles. The molecule has 0 rings (SSSR count). The number of ether oxygens (including phenoxy) is 1. The smallest absolute Gasteiger partial charge is 0.408 e. The van der Waals surface area contributed by atoms with Crippen LogP contribution in [0.5, 0.6) is 0 Å². The quantitative estimate of drug-likeness (QED) is 0.444. The number of alkyl halides is 7. The van der Waals surface area contributed by atoms with Crippen molar-refractivity contribution in [3.05, 3.63) is 11.1 Å². The third kappa shape index (κ3) is 2.86. The zero-order valence-corrected chi connectivity index (χ0v) is 8.63. The van der Waals surface area contributed by atoms with Gasteiger partial charge in [0.2, 0.25) is 0 Å². The second-order valence-corrected chi connectivity index (χ2v) is 3.34. The van der Waals surface area contributed by atoms with Crippen LogP contribution in [0.1, 0.15) is 0 Å². The van der Waals surface area contributed by atoms with Crippen molar-refractivity contribution in [2.45, 2.75) is 18.2 Å². The molecule has 94 valence electrons. The maximum atomic E-state index is 12.7. The Morgan fingerprint density at radius 3 is 1.50 bits per heavy atom. The van der Waals surface area contributed by atoms with E-state index in [1.165, 1.54) is 0 Å². The van der Waals surface area contributed by atoms with Crippen molar-refractivity contribution >= 4 is 21.9 Å². The van der Waals surface area contributed by atoms with Crippen molar-refractivity contribution in [2.24, 2.45) is 0 Å². The summed E-state index contributed by atoms with van der Waals surface area (Å²) in [6.07, 6.45) is -12.9. The van der Waals surface area contributed by atoms with Crippen LogP contribution in [0.15, 0.2) is 11.1 Å². The van der Waals surface area contributed by atoms with Crippen molar-refractivity contribution < 1.29 is 40.3 Å². The molecule has 0 unspecified atom stereocenters. The molecule has 0 heterocycles. The molecule has 0 aliphatic rings. The van der Waals surface area contributed by atoms with Gasteiger partial charge in [0.15, 0.2) is 0 Å². The summed E-state index contributed by atoms with van der Waals surface area (Å²) < 4.78 is 85.2. The molecule has 0 aromatic carbocycles. The summed E-state index contributed by atoms with van der Waals surface area (Å²) in [6, 6.07) is 0. The molecule has 0 bridgehead atoms. The normalized spacial score (nSPS) is 13.5. The Labute approximate surface area is 92.2 Å². The summed E-state index contributed by atoms with van der Waals surface area (Å²) in [4.78, 5) is 10.4. The highest BCUT2D eigenvalue weighted by atomic mass is 79.9. The molecule has 0 radical (unpaired) electrons. The summed E-state index contributed by atoms with van der Waals surface area (Å²) in [7, 11) is 0. The molecule has 0 amide bonds. The van der Waals surface area contributed by atoms with Gasteiger partial charge in [-0.05, 0) is 15.9 Å². The van der Waals surface area contributed by atoms with Gasteiger partial charge in [-0.15, -0.1) is 0 Å². The lowest BCUT2D eigenvalue weighted by molar-refractivity contribution is -0.416. The Hall–Kier alpha value is -0.800. The molecule has 16 heavy (non-hydrogen) atoms. The summed E-state index contributed by atoms with van der Waals surface area (Å²) in [5.74, 6) is -8.27. The fourth-order valence-corrected chi connectivity index (χ4v) is 0.540. The van der Waals surface area contributed by atoms with Crippen molar-refractivity contribution in [1.29, 1.82) is 0 Å². The zero-order valence-electron chi connectivity index (χ0n) is 7.05. The van der Waals surface area contributed by atoms with E-state index < -0.39 is 28.7 Å². The molecule has 0 aromatic rings. The fourth-order valence-electron chi connectivity index (χ4n) is 0.460. The predicted octanol–water partition coefficient (Wildman–Crippen LogP) is 3.23. The summed E-state index contributed by atoms with van der Waals surface area (Å²) in [5.41, 5.74) is 0. The molecule has 2 nitrogen and oxygen atoms in total. The molecule has 0 aliphatic heterocycles. The van der Waals surface area contributed by atoms with Gasteiger partial charge in [0.05, 0.1) is 4.48 Å². The van der Waals surface area contributed by atoms with E-state index in [2.05, 4.69) is 27.2 Å². The van der Waals surface area contributed by atoms with Crippen LogP contribution in [0.2, 0.25) is 0 Å². The lowest BCUT2D eigenvalue weighted by Crippen LogP contribution is -2.56. The Balaban J connectivity index is 5.30. The Morgan fingerprint density at radius 2 is 1.31 bits per heavy atom. The minimum atomic E-state index is -6.44. The average molecular weight is 319 g/mol. The highest BCUT2D eigenvalue weighted by Gasteiger charge is 2.76. The average Bonchev–Trinajstić information content (AvgIpc) is 1.99. The zero-order chi connectivity index (χ0) is 13.4. The molecular weight excluding hydrogens is 317 g/mol. The van der Waals surface area contributed by atoms with Crippen LogP contribution < -0.4 is 0 Å². The van der Waals surface area contributed by atoms with Gasteiger partial charge in [-0.25, -0.2) is 4.79 Å². The van der Waals surface area contributed by atoms with Crippen LogP contribution in [0, 0.1) is 0 Å². The van der Waals surface area contributed by atoms with Crippen molar-refractivity contribution in [2.75, 3.05) is 0 Å². The monoisotopic (exact) mass is 318 g/mol. The SMILES string of the molecule is C=C(Br)C(=O)OC(F)(C(F)(F)F)C(F)(F)F. The number of rotatable bonds is 2. The van der Waals surface area contributed by atoms with E-state index in [9.17, 15) is 35.5 Å². The molecular formula is C6H2BrF7O2. The number of esters is 1. The van der Waals surface area contributed by atoms with Gasteiger partial charge in [0, 0.05) is 0 Å². The van der Waals surface area contributed by atoms with E-state index in [1.54, 1.807) is 0 Å². The summed E-state index contributed by atoms with van der Waals surface area (Å²) in [6.45, 7) is 2.64. The molecule has 0 saturated carbocycles. The van der Waals surface area contributed by atoms with E-state index in [0.29, 0.717) is 0 Å². The van der Waals surface area contributed by atoms with E-state index >= 15 is 0 Å². The molecule has 0 fully saturated rings. The predicted molar refractivity (Wildman–Crippen MR) is 40.1 cm³/mol. The lowest BCUT2D eigenvalue weighted by Gasteiger charge is -2.28. The number of halogens is 8. The highest BCUT2D eigenvalue weighted by Crippen LogP contribution is 2.47. The summed E-state index contributed by atoms with van der Waals surface area (Å²) >= 11 is 2.16. The van der Waals surface area contributed by atoms with Gasteiger partial charge < -0.3 is 4.74 Å². The molecule has 0 atom stereocenters. The first-order chi connectivity index (χ1) is 6.83. The number of carbonyl (C=O) groups is 1. The van der Waals surface area contributed by atoms with E-state index in [1.807, 2.05) is 0 Å². The van der Waals surface area contributed by atoms with Crippen LogP contribution in [-0.4, -0.2) is 24.2 Å². The Kier molecular flexibility index (Phi) is 4.01. The third-order valence-electron chi connectivity index (χ3n) is 1.18.